The number of hydrogen-bond donors (Lipinski definition) is 2. The van der Waals surface area contributed by atoms with E-state index >= 15 is 0 Å². The van der Waals surface area contributed by atoms with Gasteiger partial charge in [-0.25, -0.2) is 4.98 Å². The Morgan fingerprint density at radius 1 is 1.38 bits per heavy atom. The van der Waals surface area contributed by atoms with Gasteiger partial charge >= 0.3 is 6.18 Å². The van der Waals surface area contributed by atoms with Gasteiger partial charge in [-0.05, 0) is 26.0 Å². The molecule has 2 aromatic rings. The topological polar surface area (TPSA) is 70.4 Å². The number of benzene rings is 1. The van der Waals surface area contributed by atoms with Crippen molar-refractivity contribution in [3.63, 3.8) is 0 Å². The molecule has 0 radical (unpaired) electrons. The van der Waals surface area contributed by atoms with Crippen LogP contribution in [0.15, 0.2) is 10.5 Å². The van der Waals surface area contributed by atoms with E-state index < -0.39 is 24.4 Å². The van der Waals surface area contributed by atoms with Crippen molar-refractivity contribution >= 4 is 34.7 Å². The lowest BCUT2D eigenvalue weighted by Crippen LogP contribution is -2.56. The van der Waals surface area contributed by atoms with Gasteiger partial charge < -0.3 is 9.73 Å². The first-order valence-electron chi connectivity index (χ1n) is 9.58. The molecule has 1 atom stereocenters. The van der Waals surface area contributed by atoms with Gasteiger partial charge in [-0.15, -0.1) is 0 Å². The summed E-state index contributed by atoms with van der Waals surface area (Å²) >= 11 is 6.50. The van der Waals surface area contributed by atoms with Crippen LogP contribution in [0.5, 0.6) is 0 Å². The summed E-state index contributed by atoms with van der Waals surface area (Å²) in [4.78, 5) is 17.0. The second-order valence-corrected chi connectivity index (χ2v) is 8.30. The Morgan fingerprint density at radius 2 is 2.10 bits per heavy atom. The molecule has 0 saturated heterocycles. The van der Waals surface area contributed by atoms with Crippen molar-refractivity contribution in [1.82, 2.24) is 15.2 Å². The molecule has 1 aliphatic carbocycles. The molecule has 6 nitrogen and oxygen atoms in total. The number of carbonyl (C=O) groups excluding carboxylic acids is 1. The van der Waals surface area contributed by atoms with Gasteiger partial charge in [-0.2, -0.15) is 13.2 Å². The van der Waals surface area contributed by atoms with Gasteiger partial charge in [0.2, 0.25) is 5.89 Å². The van der Waals surface area contributed by atoms with Crippen LogP contribution >= 0.6 is 11.6 Å². The predicted octanol–water partition coefficient (Wildman–Crippen LogP) is 4.17. The molecule has 1 saturated carbocycles. The first-order valence-corrected chi connectivity index (χ1v) is 9.96. The van der Waals surface area contributed by atoms with E-state index in [0.29, 0.717) is 21.8 Å². The third-order valence-corrected chi connectivity index (χ3v) is 5.88. The first kappa shape index (κ1) is 20.4. The molecule has 1 spiro atoms. The molecule has 1 unspecified atom stereocenters. The summed E-state index contributed by atoms with van der Waals surface area (Å²) in [5, 5.41) is 6.90. The van der Waals surface area contributed by atoms with E-state index in [4.69, 9.17) is 16.0 Å². The molecular weight excluding hydrogens is 409 g/mol. The summed E-state index contributed by atoms with van der Waals surface area (Å²) in [5.74, 6) is 0.194. The van der Waals surface area contributed by atoms with Gasteiger partial charge in [0.05, 0.1) is 29.3 Å². The van der Waals surface area contributed by atoms with E-state index in [1.54, 1.807) is 6.07 Å². The lowest BCUT2D eigenvalue weighted by Gasteiger charge is -2.45. The summed E-state index contributed by atoms with van der Waals surface area (Å²) in [7, 11) is 1.37. The maximum absolute atomic E-state index is 12.6. The Balaban J connectivity index is 1.78. The van der Waals surface area contributed by atoms with E-state index in [9.17, 15) is 18.0 Å². The number of aromatic nitrogens is 1. The Hall–Kier alpha value is -1.84. The quantitative estimate of drug-likeness (QED) is 0.709. The molecule has 4 rings (SSSR count). The second kappa shape index (κ2) is 7.45. The number of alkyl halides is 3. The number of nitrogens with zero attached hydrogens (tertiary/aromatic N) is 2. The van der Waals surface area contributed by atoms with Crippen LogP contribution in [-0.2, 0) is 16.9 Å². The number of carbonyl (C=O) groups is 1. The fourth-order valence-electron chi connectivity index (χ4n) is 4.52. The smallest absolute Gasteiger partial charge is 0.401 e. The molecule has 0 amide bonds. The largest absolute Gasteiger partial charge is 0.439 e. The highest BCUT2D eigenvalue weighted by atomic mass is 35.5. The molecule has 1 fully saturated rings. The zero-order chi connectivity index (χ0) is 20.8. The van der Waals surface area contributed by atoms with Crippen molar-refractivity contribution in [3.8, 4) is 0 Å². The average Bonchev–Trinajstić information content (AvgIpc) is 3.02. The SMILES string of the molecule is CN(Cc1nc2cc(Cl)c3c(c2o1)C1(CCCCC1)NC(C=O)N3)CC(F)(F)F. The van der Waals surface area contributed by atoms with Gasteiger partial charge in [0.25, 0.3) is 0 Å². The Kier molecular flexibility index (Phi) is 5.25. The molecule has 1 aromatic carbocycles. The zero-order valence-electron chi connectivity index (χ0n) is 15.9. The van der Waals surface area contributed by atoms with Crippen molar-refractivity contribution in [2.24, 2.45) is 0 Å². The summed E-state index contributed by atoms with van der Waals surface area (Å²) < 4.78 is 43.9. The van der Waals surface area contributed by atoms with Crippen molar-refractivity contribution in [2.75, 3.05) is 18.9 Å². The molecular formula is C19H22ClF3N4O2. The zero-order valence-corrected chi connectivity index (χ0v) is 16.7. The number of halogens is 4. The number of aldehydes is 1. The van der Waals surface area contributed by atoms with E-state index in [-0.39, 0.29) is 12.4 Å². The fourth-order valence-corrected chi connectivity index (χ4v) is 4.77. The van der Waals surface area contributed by atoms with E-state index in [1.165, 1.54) is 7.05 Å². The molecule has 2 heterocycles. The number of oxazole rings is 1. The second-order valence-electron chi connectivity index (χ2n) is 7.90. The number of hydrogen-bond acceptors (Lipinski definition) is 6. The van der Waals surface area contributed by atoms with Crippen LogP contribution in [0.2, 0.25) is 5.02 Å². The van der Waals surface area contributed by atoms with E-state index in [0.717, 1.165) is 48.9 Å². The van der Waals surface area contributed by atoms with Crippen LogP contribution in [0.25, 0.3) is 11.1 Å². The third-order valence-electron chi connectivity index (χ3n) is 5.58. The lowest BCUT2D eigenvalue weighted by molar-refractivity contribution is -0.144. The number of anilines is 1. The summed E-state index contributed by atoms with van der Waals surface area (Å²) in [6.45, 7) is -1.13. The minimum absolute atomic E-state index is 0.0780. The molecule has 1 aromatic heterocycles. The highest BCUT2D eigenvalue weighted by molar-refractivity contribution is 6.34. The normalized spacial score (nSPS) is 21.4. The average molecular weight is 431 g/mol. The van der Waals surface area contributed by atoms with Crippen molar-refractivity contribution < 1.29 is 22.4 Å². The maximum Gasteiger partial charge on any atom is 0.401 e. The Labute approximate surface area is 170 Å². The Bertz CT molecular complexity index is 924. The van der Waals surface area contributed by atoms with Crippen molar-refractivity contribution in [3.05, 3.63) is 22.5 Å². The molecule has 1 aliphatic heterocycles. The lowest BCUT2D eigenvalue weighted by atomic mass is 9.74. The molecule has 0 bridgehead atoms. The standard InChI is InChI=1S/C19H22ClF3N4O2/c1-27(10-19(21,22)23)8-14-24-12-7-11(20)16-15(17(12)29-14)18(5-3-2-4-6-18)26-13(9-28)25-16/h7,9,13,25-26H,2-6,8,10H2,1H3. The van der Waals surface area contributed by atoms with Crippen LogP contribution in [0.4, 0.5) is 18.9 Å². The number of rotatable bonds is 4. The number of fused-ring (bicyclic) bond motifs is 4. The van der Waals surface area contributed by atoms with Crippen molar-refractivity contribution in [1.29, 1.82) is 0 Å². The highest BCUT2D eigenvalue weighted by Crippen LogP contribution is 2.48. The van der Waals surface area contributed by atoms with E-state index in [1.807, 2.05) is 0 Å². The Morgan fingerprint density at radius 3 is 2.76 bits per heavy atom. The van der Waals surface area contributed by atoms with Crippen LogP contribution in [0.1, 0.15) is 43.6 Å². The van der Waals surface area contributed by atoms with Crippen LogP contribution in [0.3, 0.4) is 0 Å². The predicted molar refractivity (Wildman–Crippen MR) is 103 cm³/mol. The molecule has 10 heteroatoms. The third kappa shape index (κ3) is 3.95. The van der Waals surface area contributed by atoms with Gasteiger partial charge in [0.1, 0.15) is 11.7 Å². The monoisotopic (exact) mass is 430 g/mol. The number of nitrogens with one attached hydrogen (secondary N) is 2. The summed E-state index contributed by atoms with van der Waals surface area (Å²) in [6, 6.07) is 1.63. The maximum atomic E-state index is 12.6. The van der Waals surface area contributed by atoms with Crippen LogP contribution < -0.4 is 10.6 Å². The minimum atomic E-state index is -4.30. The summed E-state index contributed by atoms with van der Waals surface area (Å²) in [5.41, 5.74) is 1.97. The van der Waals surface area contributed by atoms with Gasteiger partial charge in [-0.1, -0.05) is 30.9 Å². The first-order chi connectivity index (χ1) is 13.7. The van der Waals surface area contributed by atoms with Crippen molar-refractivity contribution in [2.45, 2.75) is 56.5 Å². The highest BCUT2D eigenvalue weighted by Gasteiger charge is 2.44. The van der Waals surface area contributed by atoms with Gasteiger partial charge in [-0.3, -0.25) is 15.0 Å². The van der Waals surface area contributed by atoms with E-state index in [2.05, 4.69) is 15.6 Å². The fraction of sp³-hybridized carbons (Fsp3) is 0.579. The van der Waals surface area contributed by atoms with Gasteiger partial charge in [0.15, 0.2) is 11.9 Å². The minimum Gasteiger partial charge on any atom is -0.439 e. The summed E-state index contributed by atoms with van der Waals surface area (Å²) in [6.07, 6.45) is 0.631. The molecule has 2 N–H and O–H groups in total. The van der Waals surface area contributed by atoms with Crippen LogP contribution in [0, 0.1) is 0 Å². The molecule has 2 aliphatic rings. The van der Waals surface area contributed by atoms with Gasteiger partial charge in [0, 0.05) is 5.56 Å². The molecule has 29 heavy (non-hydrogen) atoms. The van der Waals surface area contributed by atoms with Crippen LogP contribution in [-0.4, -0.2) is 42.1 Å². The molecule has 158 valence electrons.